The van der Waals surface area contributed by atoms with Crippen molar-refractivity contribution in [1.82, 2.24) is 4.57 Å². The largest absolute Gasteiger partial charge is 0.382 e. The normalized spacial score (nSPS) is 20.8. The predicted molar refractivity (Wildman–Crippen MR) is 81.5 cm³/mol. The Hall–Kier alpha value is -0.950. The monoisotopic (exact) mass is 389 g/mol. The average Bonchev–Trinajstić information content (AvgIpc) is 2.73. The fourth-order valence-electron chi connectivity index (χ4n) is 2.64. The number of aryl methyl sites for hydroxylation is 1. The Morgan fingerprint density at radius 3 is 2.60 bits per heavy atom. The van der Waals surface area contributed by atoms with E-state index in [0.29, 0.717) is 9.13 Å². The smallest absolute Gasteiger partial charge is 0.278 e. The standard InChI is InChI=1S/C15H14F2INO/c1-9-2-4-10(5-3-9)19-8-11(18)13-12(19)6-7-15(16,17)14(13)20/h2-5,8,14,20H,6-7H2,1H3. The molecule has 3 rings (SSSR count). The molecule has 1 atom stereocenters. The third-order valence-corrected chi connectivity index (χ3v) is 4.64. The van der Waals surface area contributed by atoms with Gasteiger partial charge in [-0.2, -0.15) is 0 Å². The van der Waals surface area contributed by atoms with E-state index in [0.717, 1.165) is 16.9 Å². The molecular formula is C15H14F2INO. The minimum absolute atomic E-state index is 0.274. The van der Waals surface area contributed by atoms with Crippen LogP contribution in [0.25, 0.3) is 5.69 Å². The molecule has 1 N–H and O–H groups in total. The van der Waals surface area contributed by atoms with Crippen molar-refractivity contribution in [2.45, 2.75) is 31.8 Å². The molecular weight excluding hydrogens is 375 g/mol. The van der Waals surface area contributed by atoms with Crippen LogP contribution in [-0.2, 0) is 6.42 Å². The van der Waals surface area contributed by atoms with Gasteiger partial charge in [0.2, 0.25) is 0 Å². The number of hydrogen-bond acceptors (Lipinski definition) is 1. The van der Waals surface area contributed by atoms with Crippen LogP contribution in [0.2, 0.25) is 0 Å². The minimum Gasteiger partial charge on any atom is -0.382 e. The summed E-state index contributed by atoms with van der Waals surface area (Å²) >= 11 is 2.02. The van der Waals surface area contributed by atoms with Gasteiger partial charge in [-0.1, -0.05) is 17.7 Å². The fourth-order valence-corrected chi connectivity index (χ4v) is 3.53. The molecule has 1 aliphatic rings. The van der Waals surface area contributed by atoms with Gasteiger partial charge in [0.05, 0.1) is 0 Å². The van der Waals surface area contributed by atoms with Crippen LogP contribution in [0.15, 0.2) is 30.5 Å². The maximum absolute atomic E-state index is 13.7. The van der Waals surface area contributed by atoms with Gasteiger partial charge in [0.15, 0.2) is 0 Å². The molecule has 20 heavy (non-hydrogen) atoms. The van der Waals surface area contributed by atoms with Crippen LogP contribution >= 0.6 is 22.6 Å². The topological polar surface area (TPSA) is 25.2 Å². The van der Waals surface area contributed by atoms with E-state index >= 15 is 0 Å². The van der Waals surface area contributed by atoms with Crippen LogP contribution in [0.3, 0.4) is 0 Å². The van der Waals surface area contributed by atoms with Crippen LogP contribution in [-0.4, -0.2) is 15.6 Å². The summed E-state index contributed by atoms with van der Waals surface area (Å²) in [6, 6.07) is 7.90. The summed E-state index contributed by atoms with van der Waals surface area (Å²) in [6.07, 6.45) is 0.0778. The lowest BCUT2D eigenvalue weighted by molar-refractivity contribution is -0.122. The van der Waals surface area contributed by atoms with Gasteiger partial charge < -0.3 is 9.67 Å². The molecule has 0 spiro atoms. The SMILES string of the molecule is Cc1ccc(-n2cc(I)c3c2CCC(F)(F)C3O)cc1. The second kappa shape index (κ2) is 4.80. The fraction of sp³-hybridized carbons (Fsp3) is 0.333. The molecule has 2 nitrogen and oxygen atoms in total. The Balaban J connectivity index is 2.13. The maximum Gasteiger partial charge on any atom is 0.278 e. The number of aliphatic hydroxyl groups excluding tert-OH is 1. The summed E-state index contributed by atoms with van der Waals surface area (Å²) in [5, 5.41) is 9.91. The van der Waals surface area contributed by atoms with Crippen molar-refractivity contribution in [3.63, 3.8) is 0 Å². The third kappa shape index (κ3) is 2.16. The lowest BCUT2D eigenvalue weighted by Crippen LogP contribution is -2.32. The van der Waals surface area contributed by atoms with Gasteiger partial charge in [0, 0.05) is 33.1 Å². The first-order valence-electron chi connectivity index (χ1n) is 6.43. The molecule has 0 aliphatic heterocycles. The van der Waals surface area contributed by atoms with Crippen LogP contribution in [0.4, 0.5) is 8.78 Å². The van der Waals surface area contributed by atoms with Gasteiger partial charge in [-0.3, -0.25) is 0 Å². The van der Waals surface area contributed by atoms with Gasteiger partial charge in [-0.15, -0.1) is 0 Å². The van der Waals surface area contributed by atoms with Crippen molar-refractivity contribution < 1.29 is 13.9 Å². The molecule has 1 aromatic carbocycles. The molecule has 1 heterocycles. The zero-order valence-corrected chi connectivity index (χ0v) is 13.1. The number of rotatable bonds is 1. The highest BCUT2D eigenvalue weighted by Crippen LogP contribution is 2.44. The number of fused-ring (bicyclic) bond motifs is 1. The zero-order valence-electron chi connectivity index (χ0n) is 10.9. The van der Waals surface area contributed by atoms with Gasteiger partial charge in [0.25, 0.3) is 5.92 Å². The molecule has 1 unspecified atom stereocenters. The Morgan fingerprint density at radius 1 is 1.30 bits per heavy atom. The van der Waals surface area contributed by atoms with Crippen molar-refractivity contribution in [2.24, 2.45) is 0 Å². The van der Waals surface area contributed by atoms with Crippen LogP contribution in [0.1, 0.15) is 29.3 Å². The van der Waals surface area contributed by atoms with Gasteiger partial charge in [0.1, 0.15) is 6.10 Å². The highest BCUT2D eigenvalue weighted by molar-refractivity contribution is 14.1. The lowest BCUT2D eigenvalue weighted by Gasteiger charge is -2.29. The first kappa shape index (κ1) is 14.0. The maximum atomic E-state index is 13.7. The number of halogens is 3. The van der Waals surface area contributed by atoms with Crippen molar-refractivity contribution in [3.05, 3.63) is 50.9 Å². The average molecular weight is 389 g/mol. The number of aromatic nitrogens is 1. The quantitative estimate of drug-likeness (QED) is 0.733. The molecule has 0 amide bonds. The molecule has 106 valence electrons. The summed E-state index contributed by atoms with van der Waals surface area (Å²) in [4.78, 5) is 0. The number of benzene rings is 1. The molecule has 0 saturated carbocycles. The second-order valence-corrected chi connectivity index (χ2v) is 6.37. The highest BCUT2D eigenvalue weighted by Gasteiger charge is 2.45. The first-order valence-corrected chi connectivity index (χ1v) is 7.50. The van der Waals surface area contributed by atoms with E-state index < -0.39 is 12.0 Å². The van der Waals surface area contributed by atoms with E-state index in [4.69, 9.17) is 0 Å². The van der Waals surface area contributed by atoms with Crippen molar-refractivity contribution in [3.8, 4) is 5.69 Å². The van der Waals surface area contributed by atoms with Crippen LogP contribution in [0, 0.1) is 10.5 Å². The Kier molecular flexibility index (Phi) is 3.36. The number of hydrogen-bond donors (Lipinski definition) is 1. The van der Waals surface area contributed by atoms with Crippen molar-refractivity contribution in [1.29, 1.82) is 0 Å². The molecule has 2 aromatic rings. The zero-order chi connectivity index (χ0) is 14.5. The van der Waals surface area contributed by atoms with Gasteiger partial charge >= 0.3 is 0 Å². The van der Waals surface area contributed by atoms with E-state index in [-0.39, 0.29) is 12.8 Å². The summed E-state index contributed by atoms with van der Waals surface area (Å²) < 4.78 is 29.9. The summed E-state index contributed by atoms with van der Waals surface area (Å²) in [5.41, 5.74) is 3.25. The first-order chi connectivity index (χ1) is 9.40. The van der Waals surface area contributed by atoms with E-state index in [2.05, 4.69) is 0 Å². The molecule has 0 saturated heterocycles. The summed E-state index contributed by atoms with van der Waals surface area (Å²) in [7, 11) is 0. The second-order valence-electron chi connectivity index (χ2n) is 5.21. The van der Waals surface area contributed by atoms with Crippen LogP contribution < -0.4 is 0 Å². The van der Waals surface area contributed by atoms with Gasteiger partial charge in [-0.25, -0.2) is 8.78 Å². The summed E-state index contributed by atoms with van der Waals surface area (Å²) in [6.45, 7) is 2.00. The Morgan fingerprint density at radius 2 is 1.95 bits per heavy atom. The molecule has 1 aromatic heterocycles. The predicted octanol–water partition coefficient (Wildman–Crippen LogP) is 4.01. The molecule has 1 aliphatic carbocycles. The molecule has 0 bridgehead atoms. The Bertz CT molecular complexity index is 649. The van der Waals surface area contributed by atoms with E-state index in [1.165, 1.54) is 0 Å². The van der Waals surface area contributed by atoms with Gasteiger partial charge in [-0.05, 0) is 48.1 Å². The number of aliphatic hydroxyl groups is 1. The van der Waals surface area contributed by atoms with E-state index in [1.807, 2.05) is 64.5 Å². The third-order valence-electron chi connectivity index (χ3n) is 3.78. The number of alkyl halides is 2. The minimum atomic E-state index is -3.04. The highest BCUT2D eigenvalue weighted by atomic mass is 127. The molecule has 0 fully saturated rings. The van der Waals surface area contributed by atoms with E-state index in [1.54, 1.807) is 0 Å². The number of nitrogens with zero attached hydrogens (tertiary/aromatic N) is 1. The van der Waals surface area contributed by atoms with Crippen molar-refractivity contribution >= 4 is 22.6 Å². The molecule has 5 heteroatoms. The molecule has 0 radical (unpaired) electrons. The Labute approximate surface area is 129 Å². The lowest BCUT2D eigenvalue weighted by atomic mass is 9.91. The summed E-state index contributed by atoms with van der Waals surface area (Å²) in [5.74, 6) is -3.04. The van der Waals surface area contributed by atoms with Crippen LogP contribution in [0.5, 0.6) is 0 Å². The van der Waals surface area contributed by atoms with E-state index in [9.17, 15) is 13.9 Å². The van der Waals surface area contributed by atoms with Crippen molar-refractivity contribution in [2.75, 3.05) is 0 Å².